The van der Waals surface area contributed by atoms with E-state index in [4.69, 9.17) is 37.4 Å². The molecule has 1 aliphatic heterocycles. The van der Waals surface area contributed by atoms with Crippen LogP contribution in [0.2, 0.25) is 10.0 Å². The van der Waals surface area contributed by atoms with E-state index in [-0.39, 0.29) is 34.4 Å². The predicted octanol–water partition coefficient (Wildman–Crippen LogP) is 6.26. The molecule has 0 atom stereocenters. The molecule has 1 fully saturated rings. The van der Waals surface area contributed by atoms with Crippen LogP contribution in [0.25, 0.3) is 6.08 Å². The van der Waals surface area contributed by atoms with Gasteiger partial charge in [0.05, 0.1) is 28.7 Å². The van der Waals surface area contributed by atoms with Gasteiger partial charge in [0, 0.05) is 16.4 Å². The molecule has 0 unspecified atom stereocenters. The lowest BCUT2D eigenvalue weighted by atomic mass is 10.2. The lowest BCUT2D eigenvalue weighted by Gasteiger charge is -2.13. The highest BCUT2D eigenvalue weighted by molar-refractivity contribution is 8.18. The number of benzene rings is 3. The minimum atomic E-state index is -0.657. The first-order chi connectivity index (χ1) is 21.6. The van der Waals surface area contributed by atoms with Crippen molar-refractivity contribution >= 4 is 81.3 Å². The second-order valence-electron chi connectivity index (χ2n) is 9.22. The number of amides is 4. The van der Waals surface area contributed by atoms with Gasteiger partial charge in [0.2, 0.25) is 5.91 Å². The molecule has 3 aromatic carbocycles. The van der Waals surface area contributed by atoms with E-state index < -0.39 is 35.5 Å². The smallest absolute Gasteiger partial charge is 0.339 e. The standard InChI is InChI=1S/C31H27Cl2N3O8S/c1-3-42-25-12-18(8-11-24(25)44-17-28(38)35-20-7-5-6-19(32)14-20)13-26-29(39)36(31(41)45-26)16-27(37)34-21-9-10-23(33)22(15-21)30(40)43-4-2/h5-15H,3-4,16-17H2,1-2H3,(H,34,37)(H,35,38)/b26-13+. The number of carbonyl (C=O) groups excluding carboxylic acids is 5. The van der Waals surface area contributed by atoms with Crippen molar-refractivity contribution in [3.05, 3.63) is 86.7 Å². The lowest BCUT2D eigenvalue weighted by molar-refractivity contribution is -0.127. The molecule has 3 aromatic rings. The Labute approximate surface area is 272 Å². The van der Waals surface area contributed by atoms with Crippen LogP contribution in [0.15, 0.2) is 65.6 Å². The van der Waals surface area contributed by atoms with E-state index in [2.05, 4.69) is 10.6 Å². The molecule has 1 heterocycles. The molecule has 0 aliphatic carbocycles. The fourth-order valence-corrected chi connectivity index (χ4v) is 5.23. The van der Waals surface area contributed by atoms with E-state index in [9.17, 15) is 24.0 Å². The molecule has 1 saturated heterocycles. The number of imide groups is 1. The quantitative estimate of drug-likeness (QED) is 0.169. The van der Waals surface area contributed by atoms with Gasteiger partial charge in [-0.3, -0.25) is 24.1 Å². The molecule has 11 nitrogen and oxygen atoms in total. The van der Waals surface area contributed by atoms with Crippen molar-refractivity contribution in [3.63, 3.8) is 0 Å². The topological polar surface area (TPSA) is 140 Å². The summed E-state index contributed by atoms with van der Waals surface area (Å²) in [5, 5.41) is 5.25. The summed E-state index contributed by atoms with van der Waals surface area (Å²) in [6.07, 6.45) is 1.49. The molecule has 0 bridgehead atoms. The minimum Gasteiger partial charge on any atom is -0.490 e. The van der Waals surface area contributed by atoms with Crippen LogP contribution in [0.3, 0.4) is 0 Å². The summed E-state index contributed by atoms with van der Waals surface area (Å²) in [4.78, 5) is 63.7. The zero-order chi connectivity index (χ0) is 32.5. The summed E-state index contributed by atoms with van der Waals surface area (Å²) in [5.41, 5.74) is 1.35. The SMILES string of the molecule is CCOC(=O)c1cc(NC(=O)CN2C(=O)S/C(=C/c3ccc(OCC(=O)Nc4cccc(Cl)c4)c(OCC)c3)C2=O)ccc1Cl. The number of anilines is 2. The second-order valence-corrected chi connectivity index (χ2v) is 11.1. The van der Waals surface area contributed by atoms with Gasteiger partial charge < -0.3 is 24.8 Å². The van der Waals surface area contributed by atoms with Crippen LogP contribution in [0.4, 0.5) is 16.2 Å². The second kappa shape index (κ2) is 15.5. The van der Waals surface area contributed by atoms with Crippen molar-refractivity contribution in [2.75, 3.05) is 37.0 Å². The van der Waals surface area contributed by atoms with E-state index >= 15 is 0 Å². The fraction of sp³-hybridized carbons (Fsp3) is 0.194. The Balaban J connectivity index is 1.40. The number of nitrogens with zero attached hydrogens (tertiary/aromatic N) is 1. The van der Waals surface area contributed by atoms with Crippen molar-refractivity contribution in [3.8, 4) is 11.5 Å². The normalized spacial score (nSPS) is 13.5. The molecule has 234 valence electrons. The van der Waals surface area contributed by atoms with E-state index in [1.165, 1.54) is 24.3 Å². The summed E-state index contributed by atoms with van der Waals surface area (Å²) in [6.45, 7) is 3.03. The Kier molecular flexibility index (Phi) is 11.5. The highest BCUT2D eigenvalue weighted by Gasteiger charge is 2.36. The third kappa shape index (κ3) is 9.00. The molecule has 2 N–H and O–H groups in total. The maximum atomic E-state index is 13.0. The van der Waals surface area contributed by atoms with E-state index in [0.717, 1.165) is 4.90 Å². The van der Waals surface area contributed by atoms with Crippen molar-refractivity contribution in [1.29, 1.82) is 0 Å². The molecule has 0 radical (unpaired) electrons. The average molecular weight is 673 g/mol. The summed E-state index contributed by atoms with van der Waals surface area (Å²) in [7, 11) is 0. The van der Waals surface area contributed by atoms with Gasteiger partial charge >= 0.3 is 5.97 Å². The van der Waals surface area contributed by atoms with E-state index in [1.807, 2.05) is 0 Å². The van der Waals surface area contributed by atoms with Gasteiger partial charge in [-0.15, -0.1) is 0 Å². The van der Waals surface area contributed by atoms with E-state index in [1.54, 1.807) is 56.3 Å². The van der Waals surface area contributed by atoms with Crippen LogP contribution >= 0.6 is 35.0 Å². The molecule has 0 saturated carbocycles. The molecule has 14 heteroatoms. The number of hydrogen-bond donors (Lipinski definition) is 2. The van der Waals surface area contributed by atoms with Crippen LogP contribution < -0.4 is 20.1 Å². The Bertz CT molecular complexity index is 1680. The van der Waals surface area contributed by atoms with Gasteiger partial charge in [0.15, 0.2) is 18.1 Å². The third-order valence-corrected chi connectivity index (χ3v) is 7.43. The first-order valence-corrected chi connectivity index (χ1v) is 15.1. The van der Waals surface area contributed by atoms with Crippen LogP contribution in [0, 0.1) is 0 Å². The monoisotopic (exact) mass is 671 g/mol. The fourth-order valence-electron chi connectivity index (χ4n) is 4.01. The third-order valence-electron chi connectivity index (χ3n) is 5.95. The van der Waals surface area contributed by atoms with Gasteiger partial charge in [-0.2, -0.15) is 0 Å². The first kappa shape index (κ1) is 33.4. The minimum absolute atomic E-state index is 0.0640. The number of esters is 1. The van der Waals surface area contributed by atoms with Crippen LogP contribution in [0.1, 0.15) is 29.8 Å². The first-order valence-electron chi connectivity index (χ1n) is 13.5. The van der Waals surface area contributed by atoms with Crippen LogP contribution in [0.5, 0.6) is 11.5 Å². The molecule has 0 spiro atoms. The number of halogens is 2. The number of rotatable bonds is 12. The summed E-state index contributed by atoms with van der Waals surface area (Å²) >= 11 is 12.7. The van der Waals surface area contributed by atoms with Crippen molar-refractivity contribution < 1.29 is 38.2 Å². The maximum Gasteiger partial charge on any atom is 0.339 e. The molecule has 4 rings (SSSR count). The number of hydrogen-bond acceptors (Lipinski definition) is 9. The van der Waals surface area contributed by atoms with Gasteiger partial charge in [-0.1, -0.05) is 35.3 Å². The van der Waals surface area contributed by atoms with Crippen LogP contribution in [-0.4, -0.2) is 60.2 Å². The van der Waals surface area contributed by atoms with Gasteiger partial charge in [-0.05, 0) is 85.8 Å². The number of carbonyl (C=O) groups is 5. The van der Waals surface area contributed by atoms with Crippen molar-refractivity contribution in [2.45, 2.75) is 13.8 Å². The predicted molar refractivity (Wildman–Crippen MR) is 172 cm³/mol. The van der Waals surface area contributed by atoms with Crippen molar-refractivity contribution in [1.82, 2.24) is 4.90 Å². The van der Waals surface area contributed by atoms with Gasteiger partial charge in [0.25, 0.3) is 17.1 Å². The molecule has 0 aromatic heterocycles. The molecular formula is C31H27Cl2N3O8S. The molecule has 1 aliphatic rings. The number of ether oxygens (including phenoxy) is 3. The Morgan fingerprint density at radius 1 is 0.867 bits per heavy atom. The average Bonchev–Trinajstić information content (AvgIpc) is 3.25. The number of nitrogens with one attached hydrogen (secondary N) is 2. The number of thioether (sulfide) groups is 1. The molecular weight excluding hydrogens is 645 g/mol. The zero-order valence-corrected chi connectivity index (χ0v) is 26.4. The van der Waals surface area contributed by atoms with E-state index in [0.29, 0.717) is 46.1 Å². The molecule has 4 amide bonds. The Morgan fingerprint density at radius 3 is 2.36 bits per heavy atom. The lowest BCUT2D eigenvalue weighted by Crippen LogP contribution is -2.36. The van der Waals surface area contributed by atoms with Gasteiger partial charge in [-0.25, -0.2) is 4.79 Å². The Morgan fingerprint density at radius 2 is 1.62 bits per heavy atom. The highest BCUT2D eigenvalue weighted by atomic mass is 35.5. The van der Waals surface area contributed by atoms with Crippen LogP contribution in [-0.2, 0) is 19.1 Å². The maximum absolute atomic E-state index is 13.0. The molecule has 45 heavy (non-hydrogen) atoms. The van der Waals surface area contributed by atoms with Gasteiger partial charge in [0.1, 0.15) is 6.54 Å². The summed E-state index contributed by atoms with van der Waals surface area (Å²) in [5.74, 6) is -1.74. The Hall–Kier alpha value is -4.52. The van der Waals surface area contributed by atoms with Crippen molar-refractivity contribution in [2.24, 2.45) is 0 Å². The summed E-state index contributed by atoms with van der Waals surface area (Å²) < 4.78 is 16.3. The largest absolute Gasteiger partial charge is 0.490 e. The highest BCUT2D eigenvalue weighted by Crippen LogP contribution is 2.35. The zero-order valence-electron chi connectivity index (χ0n) is 24.1. The summed E-state index contributed by atoms with van der Waals surface area (Å²) in [6, 6.07) is 15.8.